The number of nitrogens with zero attached hydrogens (tertiary/aromatic N) is 7. The Morgan fingerprint density at radius 3 is 1.20 bits per heavy atom. The van der Waals surface area contributed by atoms with Crippen molar-refractivity contribution in [1.82, 2.24) is 34.1 Å². The summed E-state index contributed by atoms with van der Waals surface area (Å²) in [5, 5.41) is 12.6. The fourth-order valence-electron chi connectivity index (χ4n) is 15.6. The lowest BCUT2D eigenvalue weighted by Gasteiger charge is -2.35. The van der Waals surface area contributed by atoms with Crippen LogP contribution in [-0.2, 0) is 10.8 Å². The van der Waals surface area contributed by atoms with E-state index in [1.807, 2.05) is 80.2 Å². The second-order valence-electron chi connectivity index (χ2n) is 26.4. The summed E-state index contributed by atoms with van der Waals surface area (Å²) in [6.07, 6.45) is 19.4. The van der Waals surface area contributed by atoms with Gasteiger partial charge in [0.05, 0.1) is 11.0 Å². The molecule has 0 saturated carbocycles. The molecule has 2 aliphatic rings. The van der Waals surface area contributed by atoms with Crippen molar-refractivity contribution >= 4 is 99.0 Å². The number of hydrogen-bond donors (Lipinski definition) is 0. The highest BCUT2D eigenvalue weighted by Crippen LogP contribution is 2.57. The van der Waals surface area contributed by atoms with E-state index in [1.54, 1.807) is 0 Å². The summed E-state index contributed by atoms with van der Waals surface area (Å²) in [7, 11) is 0. The molecule has 89 heavy (non-hydrogen) atoms. The predicted octanol–water partition coefficient (Wildman–Crippen LogP) is 18.1. The van der Waals surface area contributed by atoms with E-state index in [0.29, 0.717) is 0 Å². The molecular formula is C81H58BN7. The molecule has 0 radical (unpaired) electrons. The Kier molecular flexibility index (Phi) is 10.9. The molecule has 8 heteroatoms. The Morgan fingerprint density at radius 2 is 0.719 bits per heavy atom. The van der Waals surface area contributed by atoms with Crippen LogP contribution in [-0.4, -0.2) is 40.8 Å². The van der Waals surface area contributed by atoms with Crippen LogP contribution in [0.15, 0.2) is 244 Å². The van der Waals surface area contributed by atoms with E-state index in [4.69, 9.17) is 24.9 Å². The van der Waals surface area contributed by atoms with Gasteiger partial charge in [-0.1, -0.05) is 157 Å². The van der Waals surface area contributed by atoms with Crippen molar-refractivity contribution in [2.75, 3.05) is 0 Å². The lowest BCUT2D eigenvalue weighted by atomic mass is 9.34. The first kappa shape index (κ1) is 51.4. The number of rotatable bonds is 6. The second kappa shape index (κ2) is 18.8. The monoisotopic (exact) mass is 1140 g/mol. The highest BCUT2D eigenvalue weighted by molar-refractivity contribution is 7.00. The van der Waals surface area contributed by atoms with Gasteiger partial charge < -0.3 is 9.13 Å². The van der Waals surface area contributed by atoms with Crippen LogP contribution in [0.3, 0.4) is 0 Å². The van der Waals surface area contributed by atoms with Gasteiger partial charge in [-0.25, -0.2) is 0 Å². The minimum atomic E-state index is -0.142. The topological polar surface area (TPSA) is 74.3 Å². The molecular weight excluding hydrogens is 1080 g/mol. The van der Waals surface area contributed by atoms with E-state index in [1.165, 1.54) is 103 Å². The zero-order chi connectivity index (χ0) is 59.6. The zero-order valence-electron chi connectivity index (χ0n) is 50.3. The molecule has 9 aromatic carbocycles. The van der Waals surface area contributed by atoms with E-state index in [-0.39, 0.29) is 17.5 Å². The summed E-state index contributed by atoms with van der Waals surface area (Å²) in [5.41, 5.74) is 25.5. The van der Waals surface area contributed by atoms with Gasteiger partial charge in [-0.05, 0) is 143 Å². The highest BCUT2D eigenvalue weighted by Gasteiger charge is 2.43. The van der Waals surface area contributed by atoms with Crippen LogP contribution in [0.25, 0.3) is 154 Å². The summed E-state index contributed by atoms with van der Waals surface area (Å²) in [5.74, 6) is 0. The minimum Gasteiger partial charge on any atom is -0.310 e. The molecule has 0 saturated heterocycles. The average molecular weight is 1140 g/mol. The minimum absolute atomic E-state index is 0.0791. The van der Waals surface area contributed by atoms with E-state index in [2.05, 4.69) is 214 Å². The first-order chi connectivity index (χ1) is 43.5. The van der Waals surface area contributed by atoms with E-state index < -0.39 is 0 Å². The smallest absolute Gasteiger partial charge is 0.252 e. The van der Waals surface area contributed by atoms with Crippen molar-refractivity contribution in [2.24, 2.45) is 0 Å². The van der Waals surface area contributed by atoms with Gasteiger partial charge in [0.15, 0.2) is 0 Å². The van der Waals surface area contributed by atoms with Crippen LogP contribution >= 0.6 is 0 Å². The molecule has 0 unspecified atom stereocenters. The summed E-state index contributed by atoms with van der Waals surface area (Å²) in [6, 6.07) is 68.6. The maximum atomic E-state index is 4.95. The van der Waals surface area contributed by atoms with Gasteiger partial charge in [0.2, 0.25) is 0 Å². The number of fused-ring (bicyclic) bond motifs is 17. The molecule has 0 atom stereocenters. The number of hydrogen-bond acceptors (Lipinski definition) is 5. The van der Waals surface area contributed by atoms with Crippen molar-refractivity contribution in [1.29, 1.82) is 0 Å². The van der Waals surface area contributed by atoms with Crippen LogP contribution < -0.4 is 16.4 Å². The molecule has 420 valence electrons. The van der Waals surface area contributed by atoms with Crippen LogP contribution in [0.2, 0.25) is 0 Å². The second-order valence-corrected chi connectivity index (χ2v) is 26.4. The van der Waals surface area contributed by atoms with Crippen molar-refractivity contribution in [3.8, 4) is 78.1 Å². The predicted molar refractivity (Wildman–Crippen MR) is 371 cm³/mol. The third-order valence-electron chi connectivity index (χ3n) is 19.4. The van der Waals surface area contributed by atoms with Crippen molar-refractivity contribution in [2.45, 2.75) is 52.4 Å². The Labute approximate surface area is 515 Å². The highest BCUT2D eigenvalue weighted by atomic mass is 15.0. The first-order valence-electron chi connectivity index (χ1n) is 30.9. The van der Waals surface area contributed by atoms with Crippen LogP contribution in [0.4, 0.5) is 0 Å². The number of aromatic nitrogens is 7. The normalized spacial score (nSPS) is 12.8. The summed E-state index contributed by atoms with van der Waals surface area (Å²) in [4.78, 5) is 24.5. The van der Waals surface area contributed by atoms with Gasteiger partial charge in [-0.2, -0.15) is 0 Å². The number of pyridine rings is 5. The lowest BCUT2D eigenvalue weighted by Crippen LogP contribution is -2.59. The first-order valence-corrected chi connectivity index (χ1v) is 30.9. The molecule has 0 bridgehead atoms. The van der Waals surface area contributed by atoms with Crippen molar-refractivity contribution in [3.63, 3.8) is 0 Å². The third kappa shape index (κ3) is 7.38. The summed E-state index contributed by atoms with van der Waals surface area (Å²) in [6.45, 7) is 14.0. The van der Waals surface area contributed by atoms with Crippen molar-refractivity contribution in [3.05, 3.63) is 255 Å². The van der Waals surface area contributed by atoms with Gasteiger partial charge in [0.25, 0.3) is 6.71 Å². The molecule has 7 aromatic heterocycles. The fourth-order valence-corrected chi connectivity index (χ4v) is 15.6. The van der Waals surface area contributed by atoms with Gasteiger partial charge in [-0.3, -0.25) is 24.9 Å². The molecule has 0 N–H and O–H groups in total. The molecule has 0 spiro atoms. The summed E-state index contributed by atoms with van der Waals surface area (Å²) >= 11 is 0. The molecule has 16 aromatic rings. The Morgan fingerprint density at radius 1 is 0.303 bits per heavy atom. The molecule has 2 aliphatic heterocycles. The van der Waals surface area contributed by atoms with Crippen LogP contribution in [0, 0.1) is 0 Å². The average Bonchev–Trinajstić information content (AvgIpc) is 1.58. The summed E-state index contributed by atoms with van der Waals surface area (Å²) < 4.78 is 5.30. The third-order valence-corrected chi connectivity index (χ3v) is 19.4. The Balaban J connectivity index is 1.10. The standard InChI is InChI=1S/C81H58BN7/c1-80(2,3)53-28-30-65-61(39-53)62-40-54(81(4,5)6)41-64-79(62)88(65)67-37-52(38-68-77(67)82(64)63-27-11-26-60-76-66(89(68)78(60)63)31-29-59-57-24-8-7-22-55(57)56-23-9-10-25-58(56)75(59)76)74-72(50-20-15-35-86-45-50)70(48-18-13-33-84-43-48)69(47-17-12-32-83-42-47)71(49-19-14-34-85-44-49)73(74)51-21-16-36-87-46-51/h7-46H,1-6H3. The Hall–Kier alpha value is -10.8. The maximum absolute atomic E-state index is 4.95. The fraction of sp³-hybridized carbons (Fsp3) is 0.0988. The van der Waals surface area contributed by atoms with Gasteiger partial charge in [-0.15, -0.1) is 0 Å². The largest absolute Gasteiger partial charge is 0.310 e. The molecule has 7 nitrogen and oxygen atoms in total. The molecule has 18 rings (SSSR count). The quantitative estimate of drug-likeness (QED) is 0.122. The van der Waals surface area contributed by atoms with E-state index in [9.17, 15) is 0 Å². The lowest BCUT2D eigenvalue weighted by molar-refractivity contribution is 0.590. The van der Waals surface area contributed by atoms with Crippen LogP contribution in [0.5, 0.6) is 0 Å². The number of benzene rings is 9. The van der Waals surface area contributed by atoms with Gasteiger partial charge in [0.1, 0.15) is 0 Å². The SMILES string of the molecule is CC(C)(C)c1ccc2c(c1)c1cc(C(C)(C)C)cc3c1n2-c1cc(-c2c(-c4cccnc4)c(-c4cccnc4)c(-c4cccnc4)c(-c4cccnc4)c2-c2cccnc2)cc2c1B3c1cccc3c4c5c6ccccc6c6ccccc6c5ccc4n-2c13. The maximum Gasteiger partial charge on any atom is 0.252 e. The Bertz CT molecular complexity index is 5530. The molecule has 9 heterocycles. The number of para-hydroxylation sites is 1. The zero-order valence-corrected chi connectivity index (χ0v) is 50.3. The van der Waals surface area contributed by atoms with Gasteiger partial charge >= 0.3 is 0 Å². The molecule has 0 aliphatic carbocycles. The van der Waals surface area contributed by atoms with Crippen LogP contribution in [0.1, 0.15) is 52.7 Å². The van der Waals surface area contributed by atoms with E-state index in [0.717, 1.165) is 78.1 Å². The molecule has 0 fully saturated rings. The molecule has 0 amide bonds. The van der Waals surface area contributed by atoms with Crippen molar-refractivity contribution < 1.29 is 0 Å². The van der Waals surface area contributed by atoms with E-state index >= 15 is 0 Å². The van der Waals surface area contributed by atoms with Gasteiger partial charge in [0, 0.05) is 167 Å².